The minimum absolute atomic E-state index is 0.185. The van der Waals surface area contributed by atoms with E-state index >= 15 is 0 Å². The van der Waals surface area contributed by atoms with Crippen LogP contribution in [0.1, 0.15) is 27.0 Å². The highest BCUT2D eigenvalue weighted by atomic mass is 16.5. The van der Waals surface area contributed by atoms with E-state index in [4.69, 9.17) is 10.00 Å². The fraction of sp³-hybridized carbons (Fsp3) is 0.0833. The van der Waals surface area contributed by atoms with Crippen molar-refractivity contribution in [2.24, 2.45) is 0 Å². The van der Waals surface area contributed by atoms with Crippen LogP contribution in [0.5, 0.6) is 5.75 Å². The van der Waals surface area contributed by atoms with Gasteiger partial charge in [0.25, 0.3) is 5.91 Å². The van der Waals surface area contributed by atoms with Gasteiger partial charge in [-0.3, -0.25) is 4.79 Å². The van der Waals surface area contributed by atoms with Crippen molar-refractivity contribution in [3.8, 4) is 23.7 Å². The Kier molecular flexibility index (Phi) is 6.44. The molecule has 0 bridgehead atoms. The highest BCUT2D eigenvalue weighted by Gasteiger charge is 2.06. The second kappa shape index (κ2) is 9.62. The van der Waals surface area contributed by atoms with Crippen molar-refractivity contribution >= 4 is 5.91 Å². The first-order valence-corrected chi connectivity index (χ1v) is 8.78. The number of carbonyl (C=O) groups excluding carboxylic acids is 1. The Morgan fingerprint density at radius 3 is 2.54 bits per heavy atom. The van der Waals surface area contributed by atoms with Crippen LogP contribution in [0.25, 0.3) is 0 Å². The molecule has 0 aliphatic heterocycles. The first-order valence-electron chi connectivity index (χ1n) is 8.78. The van der Waals surface area contributed by atoms with Crippen molar-refractivity contribution in [3.63, 3.8) is 0 Å². The largest absolute Gasteiger partial charge is 0.489 e. The SMILES string of the molecule is N#Cc1cccc(OCc2cccc(C(=O)NCC#Cc3ccccc3)c2)c1. The third kappa shape index (κ3) is 5.49. The van der Waals surface area contributed by atoms with Crippen LogP contribution >= 0.6 is 0 Å². The second-order valence-electron chi connectivity index (χ2n) is 5.98. The minimum Gasteiger partial charge on any atom is -0.489 e. The number of carbonyl (C=O) groups is 1. The summed E-state index contributed by atoms with van der Waals surface area (Å²) in [7, 11) is 0. The fourth-order valence-electron chi connectivity index (χ4n) is 2.52. The van der Waals surface area contributed by atoms with Gasteiger partial charge in [-0.15, -0.1) is 0 Å². The summed E-state index contributed by atoms with van der Waals surface area (Å²) in [5.74, 6) is 6.38. The average molecular weight is 366 g/mol. The van der Waals surface area contributed by atoms with E-state index in [1.165, 1.54) is 0 Å². The number of amides is 1. The molecule has 0 saturated carbocycles. The lowest BCUT2D eigenvalue weighted by atomic mass is 10.1. The number of nitrogens with zero attached hydrogens (tertiary/aromatic N) is 1. The maximum atomic E-state index is 12.3. The number of ether oxygens (including phenoxy) is 1. The molecule has 0 saturated heterocycles. The predicted molar refractivity (Wildman–Crippen MR) is 108 cm³/mol. The topological polar surface area (TPSA) is 62.1 Å². The Labute approximate surface area is 164 Å². The van der Waals surface area contributed by atoms with E-state index in [2.05, 4.69) is 23.2 Å². The molecule has 0 fully saturated rings. The Morgan fingerprint density at radius 1 is 0.929 bits per heavy atom. The van der Waals surface area contributed by atoms with Crippen LogP contribution in [0.15, 0.2) is 78.9 Å². The second-order valence-corrected chi connectivity index (χ2v) is 5.98. The minimum atomic E-state index is -0.185. The van der Waals surface area contributed by atoms with Crippen LogP contribution in [-0.2, 0) is 6.61 Å². The summed E-state index contributed by atoms with van der Waals surface area (Å²) in [6.45, 7) is 0.583. The van der Waals surface area contributed by atoms with Crippen LogP contribution in [0, 0.1) is 23.2 Å². The van der Waals surface area contributed by atoms with Crippen molar-refractivity contribution in [1.82, 2.24) is 5.32 Å². The molecule has 0 heterocycles. The molecule has 4 nitrogen and oxygen atoms in total. The van der Waals surface area contributed by atoms with Crippen LogP contribution in [0.3, 0.4) is 0 Å². The Morgan fingerprint density at radius 2 is 1.71 bits per heavy atom. The van der Waals surface area contributed by atoms with Crippen molar-refractivity contribution in [2.45, 2.75) is 6.61 Å². The standard InChI is InChI=1S/C24H18N2O2/c25-17-20-9-5-13-23(16-20)28-18-21-10-4-12-22(15-21)24(27)26-14-6-11-19-7-2-1-3-8-19/h1-5,7-10,12-13,15-16H,14,18H2,(H,26,27). The summed E-state index contributed by atoms with van der Waals surface area (Å²) in [5, 5.41) is 11.7. The summed E-state index contributed by atoms with van der Waals surface area (Å²) < 4.78 is 5.71. The van der Waals surface area contributed by atoms with Gasteiger partial charge in [0.1, 0.15) is 12.4 Å². The summed E-state index contributed by atoms with van der Waals surface area (Å²) in [5.41, 5.74) is 2.87. The zero-order chi connectivity index (χ0) is 19.6. The molecule has 0 aromatic heterocycles. The van der Waals surface area contributed by atoms with Gasteiger partial charge in [-0.2, -0.15) is 5.26 Å². The number of nitriles is 1. The average Bonchev–Trinajstić information content (AvgIpc) is 2.76. The van der Waals surface area contributed by atoms with E-state index in [0.717, 1.165) is 11.1 Å². The number of benzene rings is 3. The molecule has 0 aliphatic rings. The first-order chi connectivity index (χ1) is 13.7. The van der Waals surface area contributed by atoms with Gasteiger partial charge in [0.15, 0.2) is 0 Å². The summed E-state index contributed by atoms with van der Waals surface area (Å²) in [6, 6.07) is 25.9. The molecule has 4 heteroatoms. The van der Waals surface area contributed by atoms with Crippen molar-refractivity contribution in [3.05, 3.63) is 101 Å². The highest BCUT2D eigenvalue weighted by molar-refractivity contribution is 5.94. The molecule has 1 amide bonds. The smallest absolute Gasteiger partial charge is 0.252 e. The van der Waals surface area contributed by atoms with E-state index in [0.29, 0.717) is 23.5 Å². The van der Waals surface area contributed by atoms with Gasteiger partial charge in [0, 0.05) is 11.1 Å². The summed E-state index contributed by atoms with van der Waals surface area (Å²) >= 11 is 0. The monoisotopic (exact) mass is 366 g/mol. The fourth-order valence-corrected chi connectivity index (χ4v) is 2.52. The molecular formula is C24H18N2O2. The van der Waals surface area contributed by atoms with Crippen LogP contribution in [0.2, 0.25) is 0 Å². The van der Waals surface area contributed by atoms with Crippen LogP contribution in [-0.4, -0.2) is 12.5 Å². The molecule has 0 unspecified atom stereocenters. The maximum absolute atomic E-state index is 12.3. The van der Waals surface area contributed by atoms with Gasteiger partial charge in [-0.25, -0.2) is 0 Å². The number of nitrogens with one attached hydrogen (secondary N) is 1. The quantitative estimate of drug-likeness (QED) is 0.696. The van der Waals surface area contributed by atoms with Crippen LogP contribution < -0.4 is 10.1 Å². The van der Waals surface area contributed by atoms with Crippen molar-refractivity contribution in [2.75, 3.05) is 6.54 Å². The van der Waals surface area contributed by atoms with E-state index < -0.39 is 0 Å². The first kappa shape index (κ1) is 18.8. The molecule has 0 spiro atoms. The predicted octanol–water partition coefficient (Wildman–Crippen LogP) is 3.92. The molecule has 136 valence electrons. The molecule has 1 N–H and O–H groups in total. The molecule has 3 aromatic rings. The van der Waals surface area contributed by atoms with Gasteiger partial charge >= 0.3 is 0 Å². The third-order valence-electron chi connectivity index (χ3n) is 3.90. The van der Waals surface area contributed by atoms with Crippen LogP contribution in [0.4, 0.5) is 0 Å². The zero-order valence-electron chi connectivity index (χ0n) is 15.2. The van der Waals surface area contributed by atoms with Gasteiger partial charge in [0.05, 0.1) is 18.2 Å². The van der Waals surface area contributed by atoms with E-state index in [1.54, 1.807) is 36.4 Å². The Hall–Kier alpha value is -4.02. The third-order valence-corrected chi connectivity index (χ3v) is 3.90. The highest BCUT2D eigenvalue weighted by Crippen LogP contribution is 2.15. The lowest BCUT2D eigenvalue weighted by Crippen LogP contribution is -2.23. The zero-order valence-corrected chi connectivity index (χ0v) is 15.2. The Balaban J connectivity index is 1.55. The van der Waals surface area contributed by atoms with E-state index in [9.17, 15) is 4.79 Å². The summed E-state index contributed by atoms with van der Waals surface area (Å²) in [6.07, 6.45) is 0. The van der Waals surface area contributed by atoms with E-state index in [-0.39, 0.29) is 12.5 Å². The lowest BCUT2D eigenvalue weighted by molar-refractivity contribution is 0.0958. The molecule has 0 radical (unpaired) electrons. The molecule has 3 rings (SSSR count). The molecular weight excluding hydrogens is 348 g/mol. The Bertz CT molecular complexity index is 1060. The number of hydrogen-bond acceptors (Lipinski definition) is 3. The molecule has 28 heavy (non-hydrogen) atoms. The van der Waals surface area contributed by atoms with Gasteiger partial charge in [-0.1, -0.05) is 48.2 Å². The van der Waals surface area contributed by atoms with Crippen molar-refractivity contribution in [1.29, 1.82) is 5.26 Å². The number of hydrogen-bond donors (Lipinski definition) is 1. The molecule has 0 aliphatic carbocycles. The maximum Gasteiger partial charge on any atom is 0.252 e. The molecule has 3 aromatic carbocycles. The van der Waals surface area contributed by atoms with Crippen molar-refractivity contribution < 1.29 is 9.53 Å². The molecule has 0 atom stereocenters. The lowest BCUT2D eigenvalue weighted by Gasteiger charge is -2.08. The van der Waals surface area contributed by atoms with Gasteiger partial charge in [0.2, 0.25) is 0 Å². The van der Waals surface area contributed by atoms with Gasteiger partial charge < -0.3 is 10.1 Å². The summed E-state index contributed by atoms with van der Waals surface area (Å²) in [4.78, 5) is 12.3. The van der Waals surface area contributed by atoms with E-state index in [1.807, 2.05) is 42.5 Å². The number of rotatable bonds is 5. The normalized spacial score (nSPS) is 9.54. The van der Waals surface area contributed by atoms with Gasteiger partial charge in [-0.05, 0) is 48.0 Å².